The average molecular weight is 277 g/mol. The van der Waals surface area contributed by atoms with Crippen LogP contribution in [0.3, 0.4) is 0 Å². The van der Waals surface area contributed by atoms with E-state index in [1.165, 1.54) is 0 Å². The van der Waals surface area contributed by atoms with Crippen LogP contribution >= 0.6 is 0 Å². The van der Waals surface area contributed by atoms with E-state index in [9.17, 15) is 0 Å². The number of para-hydroxylation sites is 2. The van der Waals surface area contributed by atoms with Gasteiger partial charge in [-0.1, -0.05) is 35.5 Å². The topological polar surface area (TPSA) is 43.9 Å². The van der Waals surface area contributed by atoms with Crippen LogP contribution in [0.25, 0.3) is 22.0 Å². The number of hydrogen-bond donors (Lipinski definition) is 0. The van der Waals surface area contributed by atoms with Crippen molar-refractivity contribution in [2.24, 2.45) is 0 Å². The maximum Gasteiger partial charge on any atom is 0.134 e. The largest absolute Gasteiger partial charge is 0.459 e. The van der Waals surface area contributed by atoms with Gasteiger partial charge in [-0.15, -0.1) is 5.10 Å². The fourth-order valence-electron chi connectivity index (χ4n) is 2.67. The van der Waals surface area contributed by atoms with Gasteiger partial charge in [0.1, 0.15) is 22.4 Å². The molecule has 4 heteroatoms. The number of benzene rings is 2. The molecule has 0 unspecified atom stereocenters. The average Bonchev–Trinajstić information content (AvgIpc) is 3.11. The summed E-state index contributed by atoms with van der Waals surface area (Å²) in [6.45, 7) is 4.18. The number of aromatic nitrogens is 3. The van der Waals surface area contributed by atoms with Gasteiger partial charge in [-0.05, 0) is 38.1 Å². The van der Waals surface area contributed by atoms with Crippen molar-refractivity contribution in [2.75, 3.05) is 0 Å². The van der Waals surface area contributed by atoms with Crippen LogP contribution in [0.4, 0.5) is 0 Å². The van der Waals surface area contributed by atoms with E-state index in [1.807, 2.05) is 47.1 Å². The summed E-state index contributed by atoms with van der Waals surface area (Å²) in [7, 11) is 0. The number of hydrogen-bond acceptors (Lipinski definition) is 3. The second-order valence-corrected chi connectivity index (χ2v) is 5.70. The standard InChI is InChI=1S/C17H15N3O/c1-17(2,16-11-12-7-3-6-10-15(12)21-16)20-14-9-5-4-8-13(14)18-19-20/h3-11H,1-2H3. The summed E-state index contributed by atoms with van der Waals surface area (Å²) in [5.41, 5.74) is 2.38. The predicted octanol–water partition coefficient (Wildman–Crippen LogP) is 3.96. The molecular weight excluding hydrogens is 262 g/mol. The molecule has 4 rings (SSSR count). The Morgan fingerprint density at radius 1 is 1.00 bits per heavy atom. The van der Waals surface area contributed by atoms with Gasteiger partial charge in [-0.25, -0.2) is 4.68 Å². The van der Waals surface area contributed by atoms with Gasteiger partial charge in [-0.3, -0.25) is 0 Å². The van der Waals surface area contributed by atoms with E-state index in [0.717, 1.165) is 27.8 Å². The summed E-state index contributed by atoms with van der Waals surface area (Å²) in [5.74, 6) is 0.874. The monoisotopic (exact) mass is 277 g/mol. The Bertz CT molecular complexity index is 900. The Morgan fingerprint density at radius 2 is 1.76 bits per heavy atom. The third-order valence-corrected chi connectivity index (χ3v) is 3.91. The molecule has 2 aromatic carbocycles. The van der Waals surface area contributed by atoms with Gasteiger partial charge in [-0.2, -0.15) is 0 Å². The van der Waals surface area contributed by atoms with Crippen LogP contribution in [0.5, 0.6) is 0 Å². The zero-order valence-corrected chi connectivity index (χ0v) is 11.9. The van der Waals surface area contributed by atoms with Crippen molar-refractivity contribution in [2.45, 2.75) is 19.4 Å². The van der Waals surface area contributed by atoms with Gasteiger partial charge < -0.3 is 4.42 Å². The van der Waals surface area contributed by atoms with Crippen LogP contribution in [-0.4, -0.2) is 15.0 Å². The molecule has 0 N–H and O–H groups in total. The highest BCUT2D eigenvalue weighted by Crippen LogP contribution is 2.32. The summed E-state index contributed by atoms with van der Waals surface area (Å²) in [6.07, 6.45) is 0. The first-order valence-electron chi connectivity index (χ1n) is 6.96. The second-order valence-electron chi connectivity index (χ2n) is 5.70. The second kappa shape index (κ2) is 4.19. The predicted molar refractivity (Wildman–Crippen MR) is 82.2 cm³/mol. The van der Waals surface area contributed by atoms with Gasteiger partial charge in [0, 0.05) is 5.39 Å². The van der Waals surface area contributed by atoms with Crippen molar-refractivity contribution < 1.29 is 4.42 Å². The number of furan rings is 1. The third-order valence-electron chi connectivity index (χ3n) is 3.91. The fraction of sp³-hybridized carbons (Fsp3) is 0.176. The Morgan fingerprint density at radius 3 is 2.62 bits per heavy atom. The molecule has 2 aromatic heterocycles. The van der Waals surface area contributed by atoms with Crippen molar-refractivity contribution >= 4 is 22.0 Å². The van der Waals surface area contributed by atoms with E-state index >= 15 is 0 Å². The molecule has 0 atom stereocenters. The lowest BCUT2D eigenvalue weighted by Gasteiger charge is -2.22. The van der Waals surface area contributed by atoms with E-state index in [-0.39, 0.29) is 0 Å². The van der Waals surface area contributed by atoms with Crippen LogP contribution in [-0.2, 0) is 5.54 Å². The summed E-state index contributed by atoms with van der Waals surface area (Å²) < 4.78 is 7.93. The zero-order valence-electron chi connectivity index (χ0n) is 11.9. The minimum absolute atomic E-state index is 0.408. The lowest BCUT2D eigenvalue weighted by molar-refractivity contribution is 0.323. The first-order valence-corrected chi connectivity index (χ1v) is 6.96. The molecule has 4 nitrogen and oxygen atoms in total. The molecule has 0 saturated heterocycles. The Hall–Kier alpha value is -2.62. The highest BCUT2D eigenvalue weighted by molar-refractivity contribution is 5.78. The smallest absolute Gasteiger partial charge is 0.134 e. The lowest BCUT2D eigenvalue weighted by atomic mass is 10.0. The minimum atomic E-state index is -0.408. The zero-order chi connectivity index (χ0) is 14.4. The summed E-state index contributed by atoms with van der Waals surface area (Å²) in [4.78, 5) is 0. The van der Waals surface area contributed by atoms with Gasteiger partial charge in [0.05, 0.1) is 5.52 Å². The molecule has 0 aliphatic carbocycles. The van der Waals surface area contributed by atoms with Crippen LogP contribution in [0.15, 0.2) is 59.0 Å². The third kappa shape index (κ3) is 1.76. The first kappa shape index (κ1) is 12.1. The molecule has 0 saturated carbocycles. The van der Waals surface area contributed by atoms with Crippen LogP contribution < -0.4 is 0 Å². The van der Waals surface area contributed by atoms with E-state index in [0.29, 0.717) is 0 Å². The molecule has 0 aliphatic heterocycles. The van der Waals surface area contributed by atoms with Crippen LogP contribution in [0.1, 0.15) is 19.6 Å². The molecule has 21 heavy (non-hydrogen) atoms. The molecule has 0 bridgehead atoms. The molecule has 0 spiro atoms. The molecule has 0 aliphatic rings. The number of fused-ring (bicyclic) bond motifs is 2. The molecule has 104 valence electrons. The number of nitrogens with zero attached hydrogens (tertiary/aromatic N) is 3. The van der Waals surface area contributed by atoms with Crippen molar-refractivity contribution in [3.05, 3.63) is 60.4 Å². The van der Waals surface area contributed by atoms with Crippen molar-refractivity contribution in [3.8, 4) is 0 Å². The molecule has 2 heterocycles. The quantitative estimate of drug-likeness (QED) is 0.557. The maximum absolute atomic E-state index is 6.02. The van der Waals surface area contributed by atoms with Crippen LogP contribution in [0, 0.1) is 0 Å². The van der Waals surface area contributed by atoms with Crippen LogP contribution in [0.2, 0.25) is 0 Å². The van der Waals surface area contributed by atoms with E-state index in [2.05, 4.69) is 36.3 Å². The molecule has 0 amide bonds. The molecule has 0 radical (unpaired) electrons. The van der Waals surface area contributed by atoms with E-state index in [1.54, 1.807) is 0 Å². The summed E-state index contributed by atoms with van der Waals surface area (Å²) >= 11 is 0. The van der Waals surface area contributed by atoms with E-state index in [4.69, 9.17) is 4.42 Å². The highest BCUT2D eigenvalue weighted by Gasteiger charge is 2.29. The molecule has 0 fully saturated rings. The Balaban J connectivity index is 1.92. The van der Waals surface area contributed by atoms with Gasteiger partial charge in [0.15, 0.2) is 0 Å². The van der Waals surface area contributed by atoms with Crippen molar-refractivity contribution in [3.63, 3.8) is 0 Å². The van der Waals surface area contributed by atoms with Gasteiger partial charge in [0.25, 0.3) is 0 Å². The summed E-state index contributed by atoms with van der Waals surface area (Å²) in [6, 6.07) is 18.1. The molecular formula is C17H15N3O. The van der Waals surface area contributed by atoms with Crippen molar-refractivity contribution in [1.29, 1.82) is 0 Å². The normalized spacial score (nSPS) is 12.3. The SMILES string of the molecule is CC(C)(c1cc2ccccc2o1)n1nnc2ccccc21. The molecule has 4 aromatic rings. The lowest BCUT2D eigenvalue weighted by Crippen LogP contribution is -2.28. The van der Waals surface area contributed by atoms with Gasteiger partial charge in [0.2, 0.25) is 0 Å². The first-order chi connectivity index (χ1) is 10.2. The minimum Gasteiger partial charge on any atom is -0.459 e. The summed E-state index contributed by atoms with van der Waals surface area (Å²) in [5, 5.41) is 9.66. The van der Waals surface area contributed by atoms with Gasteiger partial charge >= 0.3 is 0 Å². The maximum atomic E-state index is 6.02. The highest BCUT2D eigenvalue weighted by atomic mass is 16.3. The Labute approximate surface area is 122 Å². The van der Waals surface area contributed by atoms with E-state index < -0.39 is 5.54 Å². The van der Waals surface area contributed by atoms with Crippen molar-refractivity contribution in [1.82, 2.24) is 15.0 Å². The number of rotatable bonds is 2. The fourth-order valence-corrected chi connectivity index (χ4v) is 2.67. The Kier molecular flexibility index (Phi) is 2.42.